The molecule has 2 aliphatic heterocycles. The fourth-order valence-electron chi connectivity index (χ4n) is 3.47. The number of nitro groups is 1. The molecule has 2 aromatic rings. The van der Waals surface area contributed by atoms with Crippen LogP contribution in [-0.2, 0) is 13.6 Å². The number of rotatable bonds is 4. The topological polar surface area (TPSA) is 85.9 Å². The average Bonchev–Trinajstić information content (AvgIpc) is 3.04. The highest BCUT2D eigenvalue weighted by Crippen LogP contribution is 2.31. The molecule has 4 rings (SSSR count). The molecule has 3 heterocycles. The summed E-state index contributed by atoms with van der Waals surface area (Å²) in [7, 11) is 1.79. The third kappa shape index (κ3) is 3.17. The molecule has 0 spiro atoms. The Hall–Kier alpha value is -2.81. The maximum absolute atomic E-state index is 11.2. The van der Waals surface area contributed by atoms with Crippen LogP contribution < -0.4 is 14.4 Å². The van der Waals surface area contributed by atoms with Crippen LogP contribution in [0.2, 0.25) is 0 Å². The van der Waals surface area contributed by atoms with Crippen molar-refractivity contribution in [1.29, 1.82) is 0 Å². The molecule has 0 saturated carbocycles. The minimum atomic E-state index is -0.420. The summed E-state index contributed by atoms with van der Waals surface area (Å²) in [6.07, 6.45) is 1.50. The molecule has 1 aromatic carbocycles. The second-order valence-electron chi connectivity index (χ2n) is 6.50. The van der Waals surface area contributed by atoms with Gasteiger partial charge < -0.3 is 24.5 Å². The minimum Gasteiger partial charge on any atom is -0.486 e. The Bertz CT molecular complexity index is 813. The van der Waals surface area contributed by atoms with Crippen molar-refractivity contribution in [3.05, 3.63) is 40.2 Å². The standard InChI is InChI=1S/C17H21N5O4/c1-19-12-18-16(22(23)24)17(19)21-6-4-20(5-7-21)11-13-2-3-14-15(10-13)26-9-8-25-14/h2-3,10,12H,4-9,11H2,1H3. The Balaban J connectivity index is 1.40. The molecule has 9 nitrogen and oxygen atoms in total. The van der Waals surface area contributed by atoms with Crippen molar-refractivity contribution in [1.82, 2.24) is 14.5 Å². The lowest BCUT2D eigenvalue weighted by molar-refractivity contribution is -0.388. The van der Waals surface area contributed by atoms with Gasteiger partial charge in [-0.2, -0.15) is 0 Å². The number of hydrogen-bond donors (Lipinski definition) is 0. The fraction of sp³-hybridized carbons (Fsp3) is 0.471. The van der Waals surface area contributed by atoms with Crippen LogP contribution in [0.1, 0.15) is 5.56 Å². The number of piperazine rings is 1. The molecule has 26 heavy (non-hydrogen) atoms. The first kappa shape index (κ1) is 16.6. The van der Waals surface area contributed by atoms with Gasteiger partial charge in [-0.25, -0.2) is 0 Å². The fourth-order valence-corrected chi connectivity index (χ4v) is 3.47. The lowest BCUT2D eigenvalue weighted by atomic mass is 10.1. The van der Waals surface area contributed by atoms with Gasteiger partial charge in [0, 0.05) is 39.8 Å². The maximum atomic E-state index is 11.2. The first-order valence-electron chi connectivity index (χ1n) is 8.63. The Kier molecular flexibility index (Phi) is 4.37. The van der Waals surface area contributed by atoms with Gasteiger partial charge in [-0.05, 0) is 27.6 Å². The van der Waals surface area contributed by atoms with E-state index in [0.717, 1.165) is 44.2 Å². The number of fused-ring (bicyclic) bond motifs is 1. The SMILES string of the molecule is Cn1cnc([N+](=O)[O-])c1N1CCN(Cc2ccc3c(c2)OCCO3)CC1. The van der Waals surface area contributed by atoms with Crippen LogP contribution in [0.15, 0.2) is 24.5 Å². The van der Waals surface area contributed by atoms with Gasteiger partial charge in [-0.1, -0.05) is 6.07 Å². The molecular weight excluding hydrogens is 338 g/mol. The first-order valence-corrected chi connectivity index (χ1v) is 8.63. The minimum absolute atomic E-state index is 0.0761. The molecule has 0 bridgehead atoms. The van der Waals surface area contributed by atoms with Crippen molar-refractivity contribution in [2.45, 2.75) is 6.54 Å². The lowest BCUT2D eigenvalue weighted by Crippen LogP contribution is -2.46. The lowest BCUT2D eigenvalue weighted by Gasteiger charge is -2.35. The van der Waals surface area contributed by atoms with E-state index in [1.165, 1.54) is 11.9 Å². The highest BCUT2D eigenvalue weighted by molar-refractivity contribution is 5.55. The van der Waals surface area contributed by atoms with Gasteiger partial charge >= 0.3 is 5.82 Å². The third-order valence-corrected chi connectivity index (χ3v) is 4.74. The van der Waals surface area contributed by atoms with Crippen LogP contribution in [0.4, 0.5) is 11.6 Å². The van der Waals surface area contributed by atoms with Gasteiger partial charge in [-0.3, -0.25) is 9.47 Å². The van der Waals surface area contributed by atoms with E-state index in [0.29, 0.717) is 19.0 Å². The molecule has 0 N–H and O–H groups in total. The van der Waals surface area contributed by atoms with Crippen LogP contribution >= 0.6 is 0 Å². The molecule has 0 aliphatic carbocycles. The zero-order chi connectivity index (χ0) is 18.1. The number of aryl methyl sites for hydroxylation is 1. The molecule has 0 amide bonds. The Morgan fingerprint density at radius 3 is 2.62 bits per heavy atom. The highest BCUT2D eigenvalue weighted by Gasteiger charge is 2.28. The summed E-state index contributed by atoms with van der Waals surface area (Å²) in [6, 6.07) is 6.05. The number of benzene rings is 1. The number of nitrogens with zero attached hydrogens (tertiary/aromatic N) is 5. The summed E-state index contributed by atoms with van der Waals surface area (Å²) in [4.78, 5) is 19.0. The summed E-state index contributed by atoms with van der Waals surface area (Å²) in [5.74, 6) is 2.10. The third-order valence-electron chi connectivity index (χ3n) is 4.74. The molecule has 0 radical (unpaired) electrons. The van der Waals surface area contributed by atoms with Crippen molar-refractivity contribution in [2.24, 2.45) is 7.05 Å². The second kappa shape index (κ2) is 6.83. The van der Waals surface area contributed by atoms with Gasteiger partial charge in [0.1, 0.15) is 13.2 Å². The van der Waals surface area contributed by atoms with E-state index in [2.05, 4.69) is 16.0 Å². The van der Waals surface area contributed by atoms with Crippen LogP contribution in [0, 0.1) is 10.1 Å². The van der Waals surface area contributed by atoms with E-state index < -0.39 is 4.92 Å². The monoisotopic (exact) mass is 359 g/mol. The molecule has 1 fully saturated rings. The summed E-state index contributed by atoms with van der Waals surface area (Å²) >= 11 is 0. The van der Waals surface area contributed by atoms with E-state index in [1.807, 2.05) is 17.0 Å². The van der Waals surface area contributed by atoms with Gasteiger partial charge in [0.25, 0.3) is 0 Å². The quantitative estimate of drug-likeness (QED) is 0.603. The number of anilines is 1. The average molecular weight is 359 g/mol. The highest BCUT2D eigenvalue weighted by atomic mass is 16.6. The largest absolute Gasteiger partial charge is 0.486 e. The van der Waals surface area contributed by atoms with Gasteiger partial charge in [0.05, 0.1) is 0 Å². The molecule has 1 saturated heterocycles. The summed E-state index contributed by atoms with van der Waals surface area (Å²) < 4.78 is 12.9. The number of imidazole rings is 1. The van der Waals surface area contributed by atoms with E-state index >= 15 is 0 Å². The Labute approximate surface area is 150 Å². The zero-order valence-electron chi connectivity index (χ0n) is 14.6. The molecule has 138 valence electrons. The van der Waals surface area contributed by atoms with E-state index in [4.69, 9.17) is 9.47 Å². The van der Waals surface area contributed by atoms with Crippen molar-refractivity contribution >= 4 is 11.6 Å². The van der Waals surface area contributed by atoms with Crippen LogP contribution in [-0.4, -0.2) is 58.8 Å². The molecular formula is C17H21N5O4. The molecule has 1 aromatic heterocycles. The smallest absolute Gasteiger partial charge is 0.406 e. The summed E-state index contributed by atoms with van der Waals surface area (Å²) in [6.45, 7) is 5.11. The van der Waals surface area contributed by atoms with Crippen molar-refractivity contribution in [3.8, 4) is 11.5 Å². The molecule has 9 heteroatoms. The molecule has 0 unspecified atom stereocenters. The predicted octanol–water partition coefficient (Wildman–Crippen LogP) is 1.42. The summed E-state index contributed by atoms with van der Waals surface area (Å²) in [5.41, 5.74) is 1.18. The van der Waals surface area contributed by atoms with Crippen molar-refractivity contribution in [2.75, 3.05) is 44.3 Å². The van der Waals surface area contributed by atoms with Gasteiger partial charge in [0.15, 0.2) is 11.5 Å². The molecule has 2 aliphatic rings. The Morgan fingerprint density at radius 2 is 1.88 bits per heavy atom. The van der Waals surface area contributed by atoms with Crippen LogP contribution in [0.5, 0.6) is 11.5 Å². The van der Waals surface area contributed by atoms with Crippen LogP contribution in [0.3, 0.4) is 0 Å². The number of ether oxygens (including phenoxy) is 2. The first-order chi connectivity index (χ1) is 12.6. The van der Waals surface area contributed by atoms with Gasteiger partial charge in [0.2, 0.25) is 12.1 Å². The summed E-state index contributed by atoms with van der Waals surface area (Å²) in [5, 5.41) is 11.2. The van der Waals surface area contributed by atoms with Crippen molar-refractivity contribution < 1.29 is 14.4 Å². The normalized spacial score (nSPS) is 17.3. The Morgan fingerprint density at radius 1 is 1.15 bits per heavy atom. The van der Waals surface area contributed by atoms with Crippen molar-refractivity contribution in [3.63, 3.8) is 0 Å². The van der Waals surface area contributed by atoms with E-state index in [-0.39, 0.29) is 5.82 Å². The molecule has 0 atom stereocenters. The van der Waals surface area contributed by atoms with E-state index in [1.54, 1.807) is 11.6 Å². The predicted molar refractivity (Wildman–Crippen MR) is 94.8 cm³/mol. The number of aromatic nitrogens is 2. The zero-order valence-corrected chi connectivity index (χ0v) is 14.6. The maximum Gasteiger partial charge on any atom is 0.406 e. The van der Waals surface area contributed by atoms with E-state index in [9.17, 15) is 10.1 Å². The van der Waals surface area contributed by atoms with Gasteiger partial charge in [-0.15, -0.1) is 0 Å². The van der Waals surface area contributed by atoms with Crippen LogP contribution in [0.25, 0.3) is 0 Å². The number of hydrogen-bond acceptors (Lipinski definition) is 7. The second-order valence-corrected chi connectivity index (χ2v) is 6.50.